The van der Waals surface area contributed by atoms with Crippen LogP contribution in [0.25, 0.3) is 11.1 Å². The molecule has 2 heterocycles. The first kappa shape index (κ1) is 18.2. The largest absolute Gasteiger partial charge is 0.379 e. The van der Waals surface area contributed by atoms with Gasteiger partial charge in [0.2, 0.25) is 0 Å². The summed E-state index contributed by atoms with van der Waals surface area (Å²) in [6.45, 7) is 6.83. The summed E-state index contributed by atoms with van der Waals surface area (Å²) >= 11 is 0. The minimum absolute atomic E-state index is 0.119. The molecular formula is C25H27N3O. The van der Waals surface area contributed by atoms with Gasteiger partial charge in [-0.3, -0.25) is 4.90 Å². The van der Waals surface area contributed by atoms with Gasteiger partial charge in [0, 0.05) is 19.6 Å². The fourth-order valence-corrected chi connectivity index (χ4v) is 4.15. The van der Waals surface area contributed by atoms with Crippen LogP contribution in [0.2, 0.25) is 0 Å². The number of anilines is 2. The highest BCUT2D eigenvalue weighted by molar-refractivity contribution is 5.76. The van der Waals surface area contributed by atoms with Crippen molar-refractivity contribution < 1.29 is 4.74 Å². The van der Waals surface area contributed by atoms with Crippen molar-refractivity contribution in [3.05, 3.63) is 83.4 Å². The maximum atomic E-state index is 5.46. The van der Waals surface area contributed by atoms with Gasteiger partial charge in [-0.2, -0.15) is 0 Å². The van der Waals surface area contributed by atoms with Gasteiger partial charge in [-0.25, -0.2) is 0 Å². The van der Waals surface area contributed by atoms with Crippen LogP contribution in [0.3, 0.4) is 0 Å². The number of aryl methyl sites for hydroxylation is 1. The topological polar surface area (TPSA) is 36.5 Å². The Morgan fingerprint density at radius 2 is 1.66 bits per heavy atom. The summed E-state index contributed by atoms with van der Waals surface area (Å²) < 4.78 is 5.46. The Kier molecular flexibility index (Phi) is 4.96. The molecule has 0 aromatic heterocycles. The standard InChI is InChI=1S/C25H27N3O/c1-18-5-10-23-24(15-18)27-25(26-23)21-8-6-20(7-9-21)22-4-2-3-19(16-22)17-28-11-13-29-14-12-28/h2-10,15-16,25-27H,11-14,17H2,1H3. The van der Waals surface area contributed by atoms with Gasteiger partial charge in [-0.15, -0.1) is 0 Å². The average Bonchev–Trinajstić information content (AvgIpc) is 3.18. The van der Waals surface area contributed by atoms with E-state index in [4.69, 9.17) is 4.74 Å². The number of nitrogens with one attached hydrogen (secondary N) is 2. The molecule has 3 aromatic carbocycles. The van der Waals surface area contributed by atoms with Crippen molar-refractivity contribution in [2.75, 3.05) is 36.9 Å². The van der Waals surface area contributed by atoms with Gasteiger partial charge < -0.3 is 15.4 Å². The van der Waals surface area contributed by atoms with E-state index in [0.717, 1.165) is 32.8 Å². The lowest BCUT2D eigenvalue weighted by molar-refractivity contribution is 0.0342. The molecule has 1 atom stereocenters. The van der Waals surface area contributed by atoms with Crippen LogP contribution < -0.4 is 10.6 Å². The Labute approximate surface area is 172 Å². The SMILES string of the molecule is Cc1ccc2c(c1)NC(c1ccc(-c3cccc(CN4CCOCC4)c3)cc1)N2. The number of fused-ring (bicyclic) bond motifs is 1. The monoisotopic (exact) mass is 385 g/mol. The van der Waals surface area contributed by atoms with E-state index in [9.17, 15) is 0 Å². The molecule has 2 aliphatic heterocycles. The van der Waals surface area contributed by atoms with Crippen molar-refractivity contribution in [1.82, 2.24) is 4.90 Å². The van der Waals surface area contributed by atoms with E-state index in [1.165, 1.54) is 39.2 Å². The highest BCUT2D eigenvalue weighted by Crippen LogP contribution is 2.36. The van der Waals surface area contributed by atoms with E-state index in [2.05, 4.69) is 89.2 Å². The number of hydrogen-bond acceptors (Lipinski definition) is 4. The van der Waals surface area contributed by atoms with Crippen LogP contribution in [0.4, 0.5) is 11.4 Å². The minimum Gasteiger partial charge on any atom is -0.379 e. The molecule has 148 valence electrons. The lowest BCUT2D eigenvalue weighted by Crippen LogP contribution is -2.35. The molecule has 2 aliphatic rings. The average molecular weight is 386 g/mol. The van der Waals surface area contributed by atoms with Crippen LogP contribution in [0.1, 0.15) is 22.9 Å². The normalized spacial score (nSPS) is 18.7. The second-order valence-electron chi connectivity index (χ2n) is 7.98. The molecule has 2 N–H and O–H groups in total. The third-order valence-corrected chi connectivity index (χ3v) is 5.79. The molecule has 0 bridgehead atoms. The van der Waals surface area contributed by atoms with Crippen molar-refractivity contribution >= 4 is 11.4 Å². The maximum Gasteiger partial charge on any atom is 0.123 e. The zero-order valence-corrected chi connectivity index (χ0v) is 16.8. The predicted molar refractivity (Wildman–Crippen MR) is 119 cm³/mol. The van der Waals surface area contributed by atoms with Gasteiger partial charge in [-0.05, 0) is 52.9 Å². The summed E-state index contributed by atoms with van der Waals surface area (Å²) in [6, 6.07) is 24.3. The van der Waals surface area contributed by atoms with Crippen LogP contribution in [0, 0.1) is 6.92 Å². The van der Waals surface area contributed by atoms with Gasteiger partial charge in [-0.1, -0.05) is 48.5 Å². The predicted octanol–water partition coefficient (Wildman–Crippen LogP) is 5.03. The first-order chi connectivity index (χ1) is 14.2. The summed E-state index contributed by atoms with van der Waals surface area (Å²) in [5.41, 5.74) is 8.74. The summed E-state index contributed by atoms with van der Waals surface area (Å²) in [7, 11) is 0. The fraction of sp³-hybridized carbons (Fsp3) is 0.280. The zero-order chi connectivity index (χ0) is 19.6. The number of hydrogen-bond donors (Lipinski definition) is 2. The van der Waals surface area contributed by atoms with Gasteiger partial charge in [0.25, 0.3) is 0 Å². The number of rotatable bonds is 4. The molecule has 1 saturated heterocycles. The molecule has 1 unspecified atom stereocenters. The molecule has 0 aliphatic carbocycles. The smallest absolute Gasteiger partial charge is 0.123 e. The van der Waals surface area contributed by atoms with Crippen molar-refractivity contribution in [2.24, 2.45) is 0 Å². The first-order valence-electron chi connectivity index (χ1n) is 10.4. The van der Waals surface area contributed by atoms with E-state index in [0.29, 0.717) is 0 Å². The first-order valence-corrected chi connectivity index (χ1v) is 10.4. The summed E-state index contributed by atoms with van der Waals surface area (Å²) in [4.78, 5) is 2.46. The van der Waals surface area contributed by atoms with E-state index in [1.54, 1.807) is 0 Å². The van der Waals surface area contributed by atoms with Gasteiger partial charge in [0.05, 0.1) is 24.6 Å². The maximum absolute atomic E-state index is 5.46. The Balaban J connectivity index is 1.30. The molecule has 4 heteroatoms. The van der Waals surface area contributed by atoms with Crippen LogP contribution in [0.15, 0.2) is 66.7 Å². The van der Waals surface area contributed by atoms with Gasteiger partial charge in [0.1, 0.15) is 6.17 Å². The van der Waals surface area contributed by atoms with Crippen LogP contribution in [-0.2, 0) is 11.3 Å². The Bertz CT molecular complexity index is 993. The lowest BCUT2D eigenvalue weighted by Gasteiger charge is -2.26. The Morgan fingerprint density at radius 3 is 2.48 bits per heavy atom. The second-order valence-corrected chi connectivity index (χ2v) is 7.98. The van der Waals surface area contributed by atoms with E-state index in [1.807, 2.05) is 0 Å². The number of ether oxygens (including phenoxy) is 1. The number of morpholine rings is 1. The van der Waals surface area contributed by atoms with Gasteiger partial charge >= 0.3 is 0 Å². The molecule has 3 aromatic rings. The highest BCUT2D eigenvalue weighted by atomic mass is 16.5. The van der Waals surface area contributed by atoms with E-state index in [-0.39, 0.29) is 6.17 Å². The molecule has 0 radical (unpaired) electrons. The molecular weight excluding hydrogens is 358 g/mol. The molecule has 0 amide bonds. The third kappa shape index (κ3) is 4.00. The highest BCUT2D eigenvalue weighted by Gasteiger charge is 2.20. The molecule has 4 nitrogen and oxygen atoms in total. The fourth-order valence-electron chi connectivity index (χ4n) is 4.15. The quantitative estimate of drug-likeness (QED) is 0.660. The molecule has 1 fully saturated rings. The van der Waals surface area contributed by atoms with Crippen molar-refractivity contribution in [2.45, 2.75) is 19.6 Å². The second kappa shape index (κ2) is 7.90. The van der Waals surface area contributed by atoms with Crippen LogP contribution in [-0.4, -0.2) is 31.2 Å². The van der Waals surface area contributed by atoms with Crippen molar-refractivity contribution in [3.63, 3.8) is 0 Å². The lowest BCUT2D eigenvalue weighted by atomic mass is 10.0. The molecule has 29 heavy (non-hydrogen) atoms. The van der Waals surface area contributed by atoms with Crippen molar-refractivity contribution in [1.29, 1.82) is 0 Å². The minimum atomic E-state index is 0.119. The zero-order valence-electron chi connectivity index (χ0n) is 16.8. The van der Waals surface area contributed by atoms with Crippen LogP contribution >= 0.6 is 0 Å². The Hall–Kier alpha value is -2.82. The van der Waals surface area contributed by atoms with E-state index < -0.39 is 0 Å². The summed E-state index contributed by atoms with van der Waals surface area (Å²) in [6.07, 6.45) is 0.119. The molecule has 0 spiro atoms. The number of benzene rings is 3. The Morgan fingerprint density at radius 1 is 0.862 bits per heavy atom. The number of nitrogens with zero attached hydrogens (tertiary/aromatic N) is 1. The summed E-state index contributed by atoms with van der Waals surface area (Å²) in [5, 5.41) is 7.14. The van der Waals surface area contributed by atoms with Crippen LogP contribution in [0.5, 0.6) is 0 Å². The van der Waals surface area contributed by atoms with E-state index >= 15 is 0 Å². The van der Waals surface area contributed by atoms with Crippen molar-refractivity contribution in [3.8, 4) is 11.1 Å². The summed E-state index contributed by atoms with van der Waals surface area (Å²) in [5.74, 6) is 0. The molecule has 5 rings (SSSR count). The molecule has 0 saturated carbocycles. The van der Waals surface area contributed by atoms with Gasteiger partial charge in [0.15, 0.2) is 0 Å². The third-order valence-electron chi connectivity index (χ3n) is 5.79.